The molecule has 202 valence electrons. The molecular formula is C29H37N5O3S. The Morgan fingerprint density at radius 3 is 2.50 bits per heavy atom. The minimum absolute atomic E-state index is 0.0119. The summed E-state index contributed by atoms with van der Waals surface area (Å²) in [5.74, 6) is 1.28. The van der Waals surface area contributed by atoms with Crippen LogP contribution in [0.4, 0.5) is 17.5 Å². The third kappa shape index (κ3) is 4.09. The highest BCUT2D eigenvalue weighted by Crippen LogP contribution is 2.58. The summed E-state index contributed by atoms with van der Waals surface area (Å²) in [5, 5.41) is 13.8. The van der Waals surface area contributed by atoms with E-state index in [2.05, 4.69) is 22.2 Å². The zero-order valence-electron chi connectivity index (χ0n) is 22.1. The Bertz CT molecular complexity index is 1260. The van der Waals surface area contributed by atoms with Crippen LogP contribution in [0, 0.1) is 5.41 Å². The molecule has 3 saturated carbocycles. The summed E-state index contributed by atoms with van der Waals surface area (Å²) < 4.78 is 13.2. The SMILES string of the molecule is CN1CCC2(CC1)CC(S(=O)c1ccc(Nc3ncc4c(n3)N(C3CCCC(O)C3)C(=O)C43CC3)cc1)C2. The molecule has 1 amide bonds. The first-order chi connectivity index (χ1) is 18.4. The van der Waals surface area contributed by atoms with Crippen LogP contribution in [0.25, 0.3) is 0 Å². The van der Waals surface area contributed by atoms with Gasteiger partial charge in [0.05, 0.1) is 22.3 Å². The number of anilines is 3. The van der Waals surface area contributed by atoms with Crippen molar-refractivity contribution in [1.29, 1.82) is 0 Å². The van der Waals surface area contributed by atoms with Gasteiger partial charge in [-0.3, -0.25) is 13.9 Å². The molecule has 7 rings (SSSR count). The number of hydrogen-bond donors (Lipinski definition) is 2. The number of benzene rings is 1. The third-order valence-corrected chi connectivity index (χ3v) is 11.6. The molecule has 0 bridgehead atoms. The first-order valence-electron chi connectivity index (χ1n) is 14.2. The number of hydrogen-bond acceptors (Lipinski definition) is 7. The molecule has 3 heterocycles. The van der Waals surface area contributed by atoms with Crippen LogP contribution in [0.5, 0.6) is 0 Å². The van der Waals surface area contributed by atoms with Gasteiger partial charge < -0.3 is 15.3 Å². The van der Waals surface area contributed by atoms with Crippen LogP contribution < -0.4 is 10.2 Å². The minimum atomic E-state index is -0.986. The molecule has 3 unspecified atom stereocenters. The number of aliphatic hydroxyl groups is 1. The molecule has 1 aromatic carbocycles. The molecular weight excluding hydrogens is 498 g/mol. The number of nitrogens with zero attached hydrogens (tertiary/aromatic N) is 4. The van der Waals surface area contributed by atoms with Crippen molar-refractivity contribution in [2.45, 2.75) is 91.9 Å². The number of amides is 1. The maximum absolute atomic E-state index is 13.4. The standard InChI is InChI=1S/C29H37N5O3S/c1-33-13-11-28(12-14-33)16-23(17-28)38(37)22-7-5-19(6-8-22)31-27-30-18-24-25(32-27)34(26(36)29(24)9-10-29)20-3-2-4-21(35)15-20/h5-8,18,20-21,23,35H,2-4,9-17H2,1H3,(H,30,31,32). The van der Waals surface area contributed by atoms with E-state index in [9.17, 15) is 14.1 Å². The van der Waals surface area contributed by atoms with Crippen molar-refractivity contribution in [3.8, 4) is 0 Å². The summed E-state index contributed by atoms with van der Waals surface area (Å²) in [6.07, 6.45) is 11.0. The summed E-state index contributed by atoms with van der Waals surface area (Å²) in [6, 6.07) is 7.77. The van der Waals surface area contributed by atoms with Gasteiger partial charge in [-0.25, -0.2) is 4.98 Å². The summed E-state index contributed by atoms with van der Waals surface area (Å²) >= 11 is 0. The number of fused-ring (bicyclic) bond motifs is 2. The number of aromatic nitrogens is 2. The lowest BCUT2D eigenvalue weighted by Gasteiger charge is -2.51. The smallest absolute Gasteiger partial charge is 0.239 e. The van der Waals surface area contributed by atoms with Crippen molar-refractivity contribution < 1.29 is 14.1 Å². The molecule has 2 spiro atoms. The second kappa shape index (κ2) is 9.10. The first kappa shape index (κ1) is 24.7. The van der Waals surface area contributed by atoms with E-state index in [1.807, 2.05) is 35.4 Å². The normalized spacial score (nSPS) is 28.8. The zero-order chi connectivity index (χ0) is 26.1. The van der Waals surface area contributed by atoms with Crippen LogP contribution in [0.1, 0.15) is 69.8 Å². The van der Waals surface area contributed by atoms with Gasteiger partial charge in [-0.05, 0) is 114 Å². The molecule has 3 aliphatic carbocycles. The molecule has 3 atom stereocenters. The number of piperidine rings is 1. The number of rotatable bonds is 5. The molecule has 1 aromatic heterocycles. The summed E-state index contributed by atoms with van der Waals surface area (Å²) in [5.41, 5.74) is 1.73. The van der Waals surface area contributed by atoms with E-state index in [1.165, 1.54) is 12.8 Å². The van der Waals surface area contributed by atoms with Crippen LogP contribution in [0.15, 0.2) is 35.4 Å². The Balaban J connectivity index is 1.05. The van der Waals surface area contributed by atoms with Crippen LogP contribution >= 0.6 is 0 Å². The molecule has 8 nitrogen and oxygen atoms in total. The third-order valence-electron chi connectivity index (χ3n) is 9.89. The molecule has 38 heavy (non-hydrogen) atoms. The molecule has 2 N–H and O–H groups in total. The van der Waals surface area contributed by atoms with Crippen LogP contribution in [-0.4, -0.2) is 67.6 Å². The first-order valence-corrected chi connectivity index (χ1v) is 15.4. The monoisotopic (exact) mass is 535 g/mol. The maximum atomic E-state index is 13.4. The Hall–Kier alpha value is -2.36. The second-order valence-corrected chi connectivity index (χ2v) is 14.2. The average molecular weight is 536 g/mol. The predicted molar refractivity (Wildman–Crippen MR) is 147 cm³/mol. The van der Waals surface area contributed by atoms with Crippen molar-refractivity contribution in [3.05, 3.63) is 36.0 Å². The van der Waals surface area contributed by atoms with Gasteiger partial charge >= 0.3 is 0 Å². The van der Waals surface area contributed by atoms with E-state index in [-0.39, 0.29) is 23.3 Å². The Morgan fingerprint density at radius 2 is 1.82 bits per heavy atom. The lowest BCUT2D eigenvalue weighted by molar-refractivity contribution is -0.121. The van der Waals surface area contributed by atoms with Crippen LogP contribution in [0.2, 0.25) is 0 Å². The van der Waals surface area contributed by atoms with E-state index in [0.29, 0.717) is 23.6 Å². The lowest BCUT2D eigenvalue weighted by Crippen LogP contribution is -2.49. The van der Waals surface area contributed by atoms with Gasteiger partial charge in [0.1, 0.15) is 5.82 Å². The number of likely N-dealkylation sites (tertiary alicyclic amines) is 1. The van der Waals surface area contributed by atoms with E-state index >= 15 is 0 Å². The Morgan fingerprint density at radius 1 is 1.08 bits per heavy atom. The molecule has 4 fully saturated rings. The van der Waals surface area contributed by atoms with E-state index in [1.54, 1.807) is 0 Å². The molecule has 0 radical (unpaired) electrons. The van der Waals surface area contributed by atoms with Gasteiger partial charge in [-0.15, -0.1) is 0 Å². The maximum Gasteiger partial charge on any atom is 0.239 e. The van der Waals surface area contributed by atoms with Gasteiger partial charge in [0, 0.05) is 33.6 Å². The summed E-state index contributed by atoms with van der Waals surface area (Å²) in [7, 11) is 1.20. The van der Waals surface area contributed by atoms with Gasteiger partial charge in [0.25, 0.3) is 0 Å². The van der Waals surface area contributed by atoms with Crippen molar-refractivity contribution in [3.63, 3.8) is 0 Å². The number of nitrogens with one attached hydrogen (secondary N) is 1. The molecule has 9 heteroatoms. The van der Waals surface area contributed by atoms with E-state index < -0.39 is 16.2 Å². The highest BCUT2D eigenvalue weighted by Gasteiger charge is 2.61. The molecule has 2 aromatic rings. The van der Waals surface area contributed by atoms with E-state index in [0.717, 1.165) is 74.2 Å². The van der Waals surface area contributed by atoms with Gasteiger partial charge in [0.15, 0.2) is 0 Å². The molecule has 2 aliphatic heterocycles. The highest BCUT2D eigenvalue weighted by molar-refractivity contribution is 7.85. The lowest BCUT2D eigenvalue weighted by atomic mass is 9.63. The fraction of sp³-hybridized carbons (Fsp3) is 0.621. The average Bonchev–Trinajstić information content (AvgIpc) is 3.66. The molecule has 5 aliphatic rings. The largest absolute Gasteiger partial charge is 0.393 e. The predicted octanol–water partition coefficient (Wildman–Crippen LogP) is 3.88. The quantitative estimate of drug-likeness (QED) is 0.600. The topological polar surface area (TPSA) is 98.7 Å². The van der Waals surface area contributed by atoms with Crippen molar-refractivity contribution in [1.82, 2.24) is 14.9 Å². The Labute approximate surface area is 226 Å². The fourth-order valence-corrected chi connectivity index (χ4v) is 9.07. The molecule has 1 saturated heterocycles. The van der Waals surface area contributed by atoms with Crippen LogP contribution in [0.3, 0.4) is 0 Å². The van der Waals surface area contributed by atoms with E-state index in [4.69, 9.17) is 4.98 Å². The number of carbonyl (C=O) groups excluding carboxylic acids is 1. The highest BCUT2D eigenvalue weighted by atomic mass is 32.2. The summed E-state index contributed by atoms with van der Waals surface area (Å²) in [4.78, 5) is 28.0. The van der Waals surface area contributed by atoms with Crippen molar-refractivity contribution in [2.24, 2.45) is 5.41 Å². The minimum Gasteiger partial charge on any atom is -0.393 e. The zero-order valence-corrected chi connectivity index (χ0v) is 22.9. The summed E-state index contributed by atoms with van der Waals surface area (Å²) in [6.45, 7) is 2.31. The van der Waals surface area contributed by atoms with Gasteiger partial charge in [-0.1, -0.05) is 0 Å². The number of carbonyl (C=O) groups is 1. The van der Waals surface area contributed by atoms with Crippen molar-refractivity contribution >= 4 is 34.2 Å². The Kier molecular flexibility index (Phi) is 5.91. The van der Waals surface area contributed by atoms with Crippen molar-refractivity contribution in [2.75, 3.05) is 30.4 Å². The van der Waals surface area contributed by atoms with Gasteiger partial charge in [-0.2, -0.15) is 4.98 Å². The van der Waals surface area contributed by atoms with Gasteiger partial charge in [0.2, 0.25) is 11.9 Å². The fourth-order valence-electron chi connectivity index (χ4n) is 7.27. The number of aliphatic hydroxyl groups excluding tert-OH is 1. The van der Waals surface area contributed by atoms with Crippen LogP contribution in [-0.2, 0) is 21.0 Å². The second-order valence-electron chi connectivity index (χ2n) is 12.4.